The zero-order valence-corrected chi connectivity index (χ0v) is 17.3. The van der Waals surface area contributed by atoms with Gasteiger partial charge >= 0.3 is 5.97 Å². The lowest BCUT2D eigenvalue weighted by molar-refractivity contribution is -0.138. The molecule has 0 saturated carbocycles. The van der Waals surface area contributed by atoms with Gasteiger partial charge in [0, 0.05) is 43.0 Å². The van der Waals surface area contributed by atoms with Crippen molar-refractivity contribution in [1.82, 2.24) is 9.80 Å². The second-order valence-electron chi connectivity index (χ2n) is 7.82. The van der Waals surface area contributed by atoms with Gasteiger partial charge in [0.05, 0.1) is 19.8 Å². The number of morpholine rings is 1. The maximum atomic E-state index is 12.7. The van der Waals surface area contributed by atoms with Gasteiger partial charge in [0.25, 0.3) is 5.91 Å². The average Bonchev–Trinajstić information content (AvgIpc) is 2.78. The Morgan fingerprint density at radius 2 is 1.71 bits per heavy atom. The first-order valence-electron chi connectivity index (χ1n) is 10.4. The molecule has 0 atom stereocenters. The van der Waals surface area contributed by atoms with Crippen molar-refractivity contribution in [2.24, 2.45) is 0 Å². The quantitative estimate of drug-likeness (QED) is 0.503. The van der Waals surface area contributed by atoms with E-state index in [1.807, 2.05) is 28.0 Å². The van der Waals surface area contributed by atoms with Crippen LogP contribution in [0.25, 0.3) is 0 Å². The van der Waals surface area contributed by atoms with Crippen LogP contribution in [0.3, 0.4) is 0 Å². The number of benzene rings is 2. The first-order chi connectivity index (χ1) is 15.0. The number of rotatable bonds is 5. The lowest BCUT2D eigenvalue weighted by Gasteiger charge is -2.29. The van der Waals surface area contributed by atoms with Gasteiger partial charge in [-0.1, -0.05) is 18.2 Å². The van der Waals surface area contributed by atoms with Gasteiger partial charge in [-0.15, -0.1) is 0 Å². The monoisotopic (exact) mass is 422 g/mol. The third-order valence-electron chi connectivity index (χ3n) is 5.66. The summed E-state index contributed by atoms with van der Waals surface area (Å²) in [4.78, 5) is 27.5. The van der Waals surface area contributed by atoms with Crippen LogP contribution in [0.15, 0.2) is 42.5 Å². The third-order valence-corrected chi connectivity index (χ3v) is 5.66. The number of fused-ring (bicyclic) bond motifs is 1. The molecule has 0 aromatic heterocycles. The SMILES string of the molecule is N=C(c1ccc(C(=O)Nc2ccc3c(c2)CN(CC(=O)O)CC3)cc1)N1CCOCC1. The minimum Gasteiger partial charge on any atom is -0.480 e. The molecule has 8 heteroatoms. The summed E-state index contributed by atoms with van der Waals surface area (Å²) in [5, 5.41) is 20.3. The van der Waals surface area contributed by atoms with E-state index in [0.717, 1.165) is 24.1 Å². The first kappa shape index (κ1) is 21.0. The molecule has 1 fully saturated rings. The topological polar surface area (TPSA) is 106 Å². The van der Waals surface area contributed by atoms with Crippen molar-refractivity contribution in [3.63, 3.8) is 0 Å². The Hall–Kier alpha value is -3.23. The summed E-state index contributed by atoms with van der Waals surface area (Å²) in [5.41, 5.74) is 4.20. The van der Waals surface area contributed by atoms with Crippen molar-refractivity contribution in [2.75, 3.05) is 44.7 Å². The van der Waals surface area contributed by atoms with Gasteiger partial charge in [0.1, 0.15) is 5.84 Å². The van der Waals surface area contributed by atoms with Gasteiger partial charge in [-0.05, 0) is 41.8 Å². The number of nitrogens with zero attached hydrogens (tertiary/aromatic N) is 2. The second kappa shape index (κ2) is 9.28. The van der Waals surface area contributed by atoms with E-state index in [1.54, 1.807) is 24.3 Å². The Morgan fingerprint density at radius 3 is 2.42 bits per heavy atom. The number of carboxylic acid groups (broad SMARTS) is 1. The van der Waals surface area contributed by atoms with Crippen LogP contribution in [0.1, 0.15) is 27.0 Å². The first-order valence-corrected chi connectivity index (χ1v) is 10.4. The molecule has 0 bridgehead atoms. The van der Waals surface area contributed by atoms with Crippen LogP contribution in [-0.4, -0.2) is 72.0 Å². The molecular formula is C23H26N4O4. The summed E-state index contributed by atoms with van der Waals surface area (Å²) < 4.78 is 5.33. The lowest BCUT2D eigenvalue weighted by Crippen LogP contribution is -2.40. The van der Waals surface area contributed by atoms with E-state index in [9.17, 15) is 9.59 Å². The van der Waals surface area contributed by atoms with Crippen molar-refractivity contribution in [1.29, 1.82) is 5.41 Å². The highest BCUT2D eigenvalue weighted by Crippen LogP contribution is 2.23. The van der Waals surface area contributed by atoms with Crippen molar-refractivity contribution >= 4 is 23.4 Å². The molecule has 0 radical (unpaired) electrons. The Morgan fingerprint density at radius 1 is 1.00 bits per heavy atom. The van der Waals surface area contributed by atoms with E-state index in [1.165, 1.54) is 5.56 Å². The van der Waals surface area contributed by atoms with Crippen LogP contribution in [0, 0.1) is 5.41 Å². The summed E-state index contributed by atoms with van der Waals surface area (Å²) in [6, 6.07) is 12.8. The van der Waals surface area contributed by atoms with Crippen LogP contribution >= 0.6 is 0 Å². The molecule has 0 aliphatic carbocycles. The number of carboxylic acids is 1. The largest absolute Gasteiger partial charge is 0.480 e. The van der Waals surface area contributed by atoms with Crippen molar-refractivity contribution < 1.29 is 19.4 Å². The van der Waals surface area contributed by atoms with E-state index in [2.05, 4.69) is 5.32 Å². The van der Waals surface area contributed by atoms with Crippen LogP contribution in [0.2, 0.25) is 0 Å². The minimum absolute atomic E-state index is 0.0157. The highest BCUT2D eigenvalue weighted by molar-refractivity contribution is 6.05. The number of carbonyl (C=O) groups is 2. The molecule has 0 spiro atoms. The summed E-state index contributed by atoms with van der Waals surface area (Å²) in [6.07, 6.45) is 0.799. The van der Waals surface area contributed by atoms with Crippen LogP contribution in [0.4, 0.5) is 5.69 Å². The molecule has 2 aromatic carbocycles. The number of ether oxygens (including phenoxy) is 1. The molecule has 2 heterocycles. The smallest absolute Gasteiger partial charge is 0.317 e. The average molecular weight is 422 g/mol. The van der Waals surface area contributed by atoms with E-state index in [4.69, 9.17) is 15.3 Å². The summed E-state index contributed by atoms with van der Waals surface area (Å²) >= 11 is 0. The fraction of sp³-hybridized carbons (Fsp3) is 0.348. The predicted molar refractivity (Wildman–Crippen MR) is 117 cm³/mol. The number of anilines is 1. The van der Waals surface area contributed by atoms with Gasteiger partial charge in [-0.3, -0.25) is 19.9 Å². The fourth-order valence-electron chi connectivity index (χ4n) is 3.97. The maximum absolute atomic E-state index is 12.7. The number of amidine groups is 1. The molecule has 1 saturated heterocycles. The zero-order chi connectivity index (χ0) is 21.8. The van der Waals surface area contributed by atoms with Crippen LogP contribution < -0.4 is 5.32 Å². The van der Waals surface area contributed by atoms with Gasteiger partial charge in [0.15, 0.2) is 0 Å². The van der Waals surface area contributed by atoms with Crippen molar-refractivity contribution in [2.45, 2.75) is 13.0 Å². The summed E-state index contributed by atoms with van der Waals surface area (Å²) in [5.74, 6) is -0.614. The number of hydrogen-bond acceptors (Lipinski definition) is 5. The molecular weight excluding hydrogens is 396 g/mol. The van der Waals surface area contributed by atoms with Gasteiger partial charge < -0.3 is 20.1 Å². The highest BCUT2D eigenvalue weighted by atomic mass is 16.5. The molecule has 1 amide bonds. The number of hydrogen-bond donors (Lipinski definition) is 3. The lowest BCUT2D eigenvalue weighted by atomic mass is 9.99. The third kappa shape index (κ3) is 5.10. The minimum atomic E-state index is -0.835. The molecule has 4 rings (SSSR count). The molecule has 8 nitrogen and oxygen atoms in total. The molecule has 162 valence electrons. The summed E-state index contributed by atoms with van der Waals surface area (Å²) in [6.45, 7) is 3.93. The number of nitrogens with one attached hydrogen (secondary N) is 2. The molecule has 31 heavy (non-hydrogen) atoms. The Labute approximate surface area is 180 Å². The maximum Gasteiger partial charge on any atom is 0.317 e. The second-order valence-corrected chi connectivity index (χ2v) is 7.82. The van der Waals surface area contributed by atoms with E-state index < -0.39 is 5.97 Å². The van der Waals surface area contributed by atoms with E-state index >= 15 is 0 Å². The summed E-state index contributed by atoms with van der Waals surface area (Å²) in [7, 11) is 0. The highest BCUT2D eigenvalue weighted by Gasteiger charge is 2.19. The van der Waals surface area contributed by atoms with Crippen LogP contribution in [-0.2, 0) is 22.5 Å². The van der Waals surface area contributed by atoms with E-state index in [-0.39, 0.29) is 12.5 Å². The molecule has 2 aromatic rings. The standard InChI is InChI=1S/C23H26N4O4/c24-22(27-9-11-31-12-10-27)17-1-3-18(4-2-17)23(30)25-20-6-5-16-7-8-26(15-21(28)29)14-19(16)13-20/h1-6,13,24H,7-12,14-15H2,(H,25,30)(H,28,29). The van der Waals surface area contributed by atoms with E-state index in [0.29, 0.717) is 49.9 Å². The van der Waals surface area contributed by atoms with Crippen LogP contribution in [0.5, 0.6) is 0 Å². The van der Waals surface area contributed by atoms with Gasteiger partial charge in [0.2, 0.25) is 0 Å². The number of aliphatic carboxylic acids is 1. The van der Waals surface area contributed by atoms with Gasteiger partial charge in [-0.2, -0.15) is 0 Å². The zero-order valence-electron chi connectivity index (χ0n) is 17.3. The fourth-order valence-corrected chi connectivity index (χ4v) is 3.97. The number of amides is 1. The molecule has 2 aliphatic heterocycles. The molecule has 0 unspecified atom stereocenters. The van der Waals surface area contributed by atoms with Gasteiger partial charge in [-0.25, -0.2) is 0 Å². The Balaban J connectivity index is 1.40. The Bertz CT molecular complexity index is 984. The predicted octanol–water partition coefficient (Wildman–Crippen LogP) is 2.04. The molecule has 3 N–H and O–H groups in total. The Kier molecular flexibility index (Phi) is 6.29. The normalized spacial score (nSPS) is 16.5. The molecule has 2 aliphatic rings. The van der Waals surface area contributed by atoms with Crippen molar-refractivity contribution in [3.8, 4) is 0 Å². The number of carbonyl (C=O) groups excluding carboxylic acids is 1. The van der Waals surface area contributed by atoms with Crippen molar-refractivity contribution in [3.05, 3.63) is 64.7 Å².